The molecule has 1 aromatic carbocycles. The van der Waals surface area contributed by atoms with Crippen LogP contribution < -0.4 is 5.73 Å². The van der Waals surface area contributed by atoms with Gasteiger partial charge in [-0.2, -0.15) is 18.3 Å². The van der Waals surface area contributed by atoms with Gasteiger partial charge in [0.05, 0.1) is 11.3 Å². The number of carbonyl (C=O) groups excluding carboxylic acids is 1. The van der Waals surface area contributed by atoms with Gasteiger partial charge in [0.1, 0.15) is 0 Å². The molecule has 0 atom stereocenters. The summed E-state index contributed by atoms with van der Waals surface area (Å²) in [5.41, 5.74) is 5.35. The molecule has 1 heterocycles. The molecule has 0 aliphatic rings. The van der Waals surface area contributed by atoms with Gasteiger partial charge in [-0.1, -0.05) is 0 Å². The van der Waals surface area contributed by atoms with Crippen LogP contribution in [0.5, 0.6) is 0 Å². The first-order valence-electron chi connectivity index (χ1n) is 5.94. The summed E-state index contributed by atoms with van der Waals surface area (Å²) in [5.74, 6) is -0.353. The van der Waals surface area contributed by atoms with E-state index in [1.165, 1.54) is 23.1 Å². The molecule has 112 valence electrons. The molecule has 0 unspecified atom stereocenters. The van der Waals surface area contributed by atoms with Crippen LogP contribution in [0.4, 0.5) is 18.9 Å². The zero-order valence-corrected chi connectivity index (χ0v) is 11.3. The van der Waals surface area contributed by atoms with Gasteiger partial charge in [0.15, 0.2) is 5.69 Å². The first-order chi connectivity index (χ1) is 9.70. The van der Waals surface area contributed by atoms with E-state index in [1.54, 1.807) is 14.1 Å². The van der Waals surface area contributed by atoms with Crippen molar-refractivity contribution in [1.29, 1.82) is 0 Å². The normalized spacial score (nSPS) is 11.5. The number of anilines is 1. The second-order valence-corrected chi connectivity index (χ2v) is 4.62. The van der Waals surface area contributed by atoms with Crippen LogP contribution in [0.3, 0.4) is 0 Å². The number of benzene rings is 1. The molecule has 0 radical (unpaired) electrons. The van der Waals surface area contributed by atoms with Gasteiger partial charge in [-0.05, 0) is 24.3 Å². The number of carbonyl (C=O) groups is 1. The molecule has 0 bridgehead atoms. The summed E-state index contributed by atoms with van der Waals surface area (Å²) in [5, 5.41) is 3.46. The minimum absolute atomic E-state index is 0.198. The van der Waals surface area contributed by atoms with Gasteiger partial charge in [0, 0.05) is 26.0 Å². The van der Waals surface area contributed by atoms with Crippen molar-refractivity contribution in [2.75, 3.05) is 19.8 Å². The van der Waals surface area contributed by atoms with E-state index < -0.39 is 11.9 Å². The molecule has 0 fully saturated rings. The Balaban J connectivity index is 2.55. The molecule has 8 heteroatoms. The van der Waals surface area contributed by atoms with E-state index in [1.807, 2.05) is 0 Å². The molecule has 21 heavy (non-hydrogen) atoms. The Morgan fingerprint density at radius 3 is 2.48 bits per heavy atom. The van der Waals surface area contributed by atoms with Gasteiger partial charge in [-0.3, -0.25) is 4.79 Å². The van der Waals surface area contributed by atoms with Crippen molar-refractivity contribution < 1.29 is 18.0 Å². The van der Waals surface area contributed by atoms with Gasteiger partial charge in [-0.25, -0.2) is 4.68 Å². The largest absolute Gasteiger partial charge is 0.435 e. The Morgan fingerprint density at radius 1 is 1.29 bits per heavy atom. The van der Waals surface area contributed by atoms with Crippen molar-refractivity contribution in [2.45, 2.75) is 6.18 Å². The molecule has 2 aromatic rings. The molecule has 5 nitrogen and oxygen atoms in total. The molecule has 1 aromatic heterocycles. The fourth-order valence-corrected chi connectivity index (χ4v) is 1.77. The monoisotopic (exact) mass is 298 g/mol. The molecule has 1 amide bonds. The topological polar surface area (TPSA) is 64.2 Å². The minimum atomic E-state index is -4.54. The molecule has 0 saturated carbocycles. The maximum atomic E-state index is 12.6. The highest BCUT2D eigenvalue weighted by Gasteiger charge is 2.34. The zero-order valence-electron chi connectivity index (χ0n) is 11.3. The number of halogens is 3. The van der Waals surface area contributed by atoms with Crippen LogP contribution in [0, 0.1) is 0 Å². The summed E-state index contributed by atoms with van der Waals surface area (Å²) < 4.78 is 38.8. The minimum Gasteiger partial charge on any atom is -0.399 e. The van der Waals surface area contributed by atoms with E-state index in [2.05, 4.69) is 5.10 Å². The summed E-state index contributed by atoms with van der Waals surface area (Å²) in [7, 11) is 3.10. The molecule has 0 aliphatic carbocycles. The van der Waals surface area contributed by atoms with Gasteiger partial charge in [0.2, 0.25) is 0 Å². The maximum absolute atomic E-state index is 12.6. The number of nitrogens with two attached hydrogens (primary N) is 1. The van der Waals surface area contributed by atoms with Crippen molar-refractivity contribution in [2.24, 2.45) is 0 Å². The fourth-order valence-electron chi connectivity index (χ4n) is 1.77. The molecule has 0 spiro atoms. The first-order valence-corrected chi connectivity index (χ1v) is 5.94. The highest BCUT2D eigenvalue weighted by Crippen LogP contribution is 2.28. The number of aromatic nitrogens is 2. The Bertz CT molecular complexity index is 676. The SMILES string of the molecule is CN(C)C(=O)c1ccc(N)cc1-n1ccc(C(F)(F)F)n1. The zero-order chi connectivity index (χ0) is 15.8. The summed E-state index contributed by atoms with van der Waals surface area (Å²) in [4.78, 5) is 13.4. The summed E-state index contributed by atoms with van der Waals surface area (Å²) in [6.07, 6.45) is -3.40. The van der Waals surface area contributed by atoms with Crippen LogP contribution in [-0.2, 0) is 6.18 Å². The number of alkyl halides is 3. The number of hydrogen-bond donors (Lipinski definition) is 1. The highest BCUT2D eigenvalue weighted by atomic mass is 19.4. The van der Waals surface area contributed by atoms with Gasteiger partial charge in [0.25, 0.3) is 5.91 Å². The molecule has 2 N–H and O–H groups in total. The van der Waals surface area contributed by atoms with E-state index >= 15 is 0 Å². The van der Waals surface area contributed by atoms with E-state index in [0.717, 1.165) is 16.9 Å². The number of nitrogen functional groups attached to an aromatic ring is 1. The van der Waals surface area contributed by atoms with Gasteiger partial charge >= 0.3 is 6.18 Å². The average Bonchev–Trinajstić information content (AvgIpc) is 2.87. The average molecular weight is 298 g/mol. The van der Waals surface area contributed by atoms with E-state index in [-0.39, 0.29) is 17.2 Å². The molecule has 2 rings (SSSR count). The van der Waals surface area contributed by atoms with Crippen molar-refractivity contribution in [3.8, 4) is 5.69 Å². The predicted molar refractivity (Wildman–Crippen MR) is 71.0 cm³/mol. The second kappa shape index (κ2) is 5.12. The summed E-state index contributed by atoms with van der Waals surface area (Å²) in [6.45, 7) is 0. The van der Waals surface area contributed by atoms with Crippen LogP contribution in [0.1, 0.15) is 16.1 Å². The predicted octanol–water partition coefficient (Wildman–Crippen LogP) is 2.18. The Hall–Kier alpha value is -2.51. The number of rotatable bonds is 2. The van der Waals surface area contributed by atoms with E-state index in [9.17, 15) is 18.0 Å². The maximum Gasteiger partial charge on any atom is 0.435 e. The third-order valence-electron chi connectivity index (χ3n) is 2.78. The Labute approximate surface area is 118 Å². The standard InChI is InChI=1S/C13H13F3N4O/c1-19(2)12(21)9-4-3-8(17)7-10(9)20-6-5-11(18-20)13(14,15)16/h3-7H,17H2,1-2H3. The quantitative estimate of drug-likeness (QED) is 0.864. The lowest BCUT2D eigenvalue weighted by atomic mass is 10.1. The molecule has 0 saturated heterocycles. The van der Waals surface area contributed by atoms with Crippen molar-refractivity contribution in [1.82, 2.24) is 14.7 Å². The third-order valence-corrected chi connectivity index (χ3v) is 2.78. The first kappa shape index (κ1) is 14.9. The molecular formula is C13H13F3N4O. The third kappa shape index (κ3) is 2.99. The second-order valence-electron chi connectivity index (χ2n) is 4.62. The Morgan fingerprint density at radius 2 is 1.95 bits per heavy atom. The lowest BCUT2D eigenvalue weighted by molar-refractivity contribution is -0.141. The molecule has 0 aliphatic heterocycles. The van der Waals surface area contributed by atoms with Gasteiger partial charge in [-0.15, -0.1) is 0 Å². The van der Waals surface area contributed by atoms with Gasteiger partial charge < -0.3 is 10.6 Å². The van der Waals surface area contributed by atoms with Crippen molar-refractivity contribution >= 4 is 11.6 Å². The van der Waals surface area contributed by atoms with Crippen molar-refractivity contribution in [3.63, 3.8) is 0 Å². The number of hydrogen-bond acceptors (Lipinski definition) is 3. The lowest BCUT2D eigenvalue weighted by Crippen LogP contribution is -2.23. The van der Waals surface area contributed by atoms with Crippen LogP contribution in [0.2, 0.25) is 0 Å². The number of nitrogens with zero attached hydrogens (tertiary/aromatic N) is 3. The van der Waals surface area contributed by atoms with E-state index in [4.69, 9.17) is 5.73 Å². The van der Waals surface area contributed by atoms with E-state index in [0.29, 0.717) is 5.69 Å². The smallest absolute Gasteiger partial charge is 0.399 e. The van der Waals surface area contributed by atoms with Crippen molar-refractivity contribution in [3.05, 3.63) is 41.7 Å². The van der Waals surface area contributed by atoms with Crippen LogP contribution in [-0.4, -0.2) is 34.7 Å². The fraction of sp³-hybridized carbons (Fsp3) is 0.231. The van der Waals surface area contributed by atoms with Crippen LogP contribution in [0.25, 0.3) is 5.69 Å². The van der Waals surface area contributed by atoms with Crippen LogP contribution in [0.15, 0.2) is 30.5 Å². The lowest BCUT2D eigenvalue weighted by Gasteiger charge is -2.14. The number of amides is 1. The molecular weight excluding hydrogens is 285 g/mol. The van der Waals surface area contributed by atoms with Crippen LogP contribution >= 0.6 is 0 Å². The summed E-state index contributed by atoms with van der Waals surface area (Å²) in [6, 6.07) is 5.22. The Kier molecular flexibility index (Phi) is 3.63. The summed E-state index contributed by atoms with van der Waals surface area (Å²) >= 11 is 0. The highest BCUT2D eigenvalue weighted by molar-refractivity contribution is 5.98.